The highest BCUT2D eigenvalue weighted by Crippen LogP contribution is 2.16. The van der Waals surface area contributed by atoms with E-state index in [1.54, 1.807) is 0 Å². The second kappa shape index (κ2) is 13.1. The third-order valence-corrected chi connectivity index (χ3v) is 6.06. The Morgan fingerprint density at radius 1 is 0.800 bits per heavy atom. The van der Waals surface area contributed by atoms with Gasteiger partial charge in [-0.1, -0.05) is 45.4 Å². The number of likely N-dealkylation sites (N-methyl/N-ethyl adjacent to an activating group) is 1. The minimum absolute atomic E-state index is 0.774. The number of rotatable bonds is 7. The summed E-state index contributed by atoms with van der Waals surface area (Å²) in [4.78, 5) is 8.11. The van der Waals surface area contributed by atoms with Crippen LogP contribution in [0.4, 0.5) is 0 Å². The molecule has 2 saturated heterocycles. The molecule has 0 aromatic heterocycles. The van der Waals surface area contributed by atoms with Crippen LogP contribution in [0.3, 0.4) is 0 Å². The normalized spacial score (nSPS) is 30.2. The Bertz CT molecular complexity index is 323. The quantitative estimate of drug-likeness (QED) is 0.711. The van der Waals surface area contributed by atoms with Crippen LogP contribution in [0.25, 0.3) is 0 Å². The molecular formula is C21H44N4. The third kappa shape index (κ3) is 8.85. The zero-order valence-electron chi connectivity index (χ0n) is 17.1. The lowest BCUT2D eigenvalue weighted by molar-refractivity contribution is 0.0976. The first-order valence-corrected chi connectivity index (χ1v) is 11.1. The van der Waals surface area contributed by atoms with Crippen LogP contribution in [0.15, 0.2) is 0 Å². The largest absolute Gasteiger partial charge is 0.315 e. The molecule has 0 spiro atoms. The van der Waals surface area contributed by atoms with Gasteiger partial charge in [-0.2, -0.15) is 0 Å². The van der Waals surface area contributed by atoms with Crippen molar-refractivity contribution < 1.29 is 0 Å². The predicted molar refractivity (Wildman–Crippen MR) is 109 cm³/mol. The summed E-state index contributed by atoms with van der Waals surface area (Å²) in [5.74, 6) is 0. The zero-order chi connectivity index (χ0) is 17.7. The van der Waals surface area contributed by atoms with E-state index < -0.39 is 0 Å². The molecule has 2 fully saturated rings. The zero-order valence-corrected chi connectivity index (χ0v) is 17.1. The number of fused-ring (bicyclic) bond motifs is 3. The summed E-state index contributed by atoms with van der Waals surface area (Å²) >= 11 is 0. The molecule has 4 heteroatoms. The van der Waals surface area contributed by atoms with E-state index >= 15 is 0 Å². The average molecular weight is 353 g/mol. The molecule has 0 saturated carbocycles. The van der Waals surface area contributed by atoms with Crippen molar-refractivity contribution in [3.63, 3.8) is 0 Å². The number of hydrogen-bond acceptors (Lipinski definition) is 4. The minimum atomic E-state index is 0.774. The molecule has 0 aromatic rings. The summed E-state index contributed by atoms with van der Waals surface area (Å²) in [5, 5.41) is 3.64. The van der Waals surface area contributed by atoms with Gasteiger partial charge >= 0.3 is 0 Å². The maximum atomic E-state index is 3.64. The molecule has 2 heterocycles. The Kier molecular flexibility index (Phi) is 11.1. The Morgan fingerprint density at radius 3 is 2.52 bits per heavy atom. The number of nitrogens with zero attached hydrogens (tertiary/aromatic N) is 3. The van der Waals surface area contributed by atoms with Crippen LogP contribution >= 0.6 is 0 Å². The number of nitrogens with one attached hydrogen (secondary N) is 1. The molecule has 2 aliphatic heterocycles. The van der Waals surface area contributed by atoms with E-state index in [2.05, 4.69) is 34.0 Å². The summed E-state index contributed by atoms with van der Waals surface area (Å²) < 4.78 is 0. The van der Waals surface area contributed by atoms with Gasteiger partial charge in [0.25, 0.3) is 0 Å². The fourth-order valence-corrected chi connectivity index (χ4v) is 4.36. The van der Waals surface area contributed by atoms with Crippen LogP contribution in [0.5, 0.6) is 0 Å². The van der Waals surface area contributed by atoms with Crippen molar-refractivity contribution >= 4 is 0 Å². The lowest BCUT2D eigenvalue weighted by Gasteiger charge is -2.39. The highest BCUT2D eigenvalue weighted by atomic mass is 15.3. The highest BCUT2D eigenvalue weighted by Gasteiger charge is 2.23. The van der Waals surface area contributed by atoms with Gasteiger partial charge in [0.1, 0.15) is 0 Å². The first kappa shape index (κ1) is 21.1. The van der Waals surface area contributed by atoms with Gasteiger partial charge in [0, 0.05) is 38.8 Å². The molecular weight excluding hydrogens is 308 g/mol. The number of hydrogen-bond donors (Lipinski definition) is 1. The molecule has 0 aromatic carbocycles. The summed E-state index contributed by atoms with van der Waals surface area (Å²) in [7, 11) is 2.31. The van der Waals surface area contributed by atoms with E-state index in [1.165, 1.54) is 117 Å². The Morgan fingerprint density at radius 2 is 1.64 bits per heavy atom. The lowest BCUT2D eigenvalue weighted by Crippen LogP contribution is -2.51. The third-order valence-electron chi connectivity index (χ3n) is 6.06. The first-order chi connectivity index (χ1) is 12.3. The minimum Gasteiger partial charge on any atom is -0.315 e. The maximum Gasteiger partial charge on any atom is 0.0223 e. The average Bonchev–Trinajstić information content (AvgIpc) is 2.62. The SMILES string of the molecule is CCCCCCCCC1CN2CCCN(C)CCN1CCCNCC2. The van der Waals surface area contributed by atoms with Crippen molar-refractivity contribution in [2.24, 2.45) is 0 Å². The molecule has 1 N–H and O–H groups in total. The van der Waals surface area contributed by atoms with E-state index in [0.29, 0.717) is 0 Å². The van der Waals surface area contributed by atoms with Crippen LogP contribution in [-0.4, -0.2) is 86.7 Å². The van der Waals surface area contributed by atoms with Crippen LogP contribution in [0.1, 0.15) is 64.7 Å². The Hall–Kier alpha value is -0.160. The van der Waals surface area contributed by atoms with Gasteiger partial charge < -0.3 is 15.1 Å². The van der Waals surface area contributed by atoms with Crippen molar-refractivity contribution in [1.82, 2.24) is 20.0 Å². The molecule has 25 heavy (non-hydrogen) atoms. The van der Waals surface area contributed by atoms with E-state index in [-0.39, 0.29) is 0 Å². The molecule has 2 rings (SSSR count). The Labute approximate surface area is 157 Å². The van der Waals surface area contributed by atoms with Crippen molar-refractivity contribution in [3.05, 3.63) is 0 Å². The van der Waals surface area contributed by atoms with E-state index in [9.17, 15) is 0 Å². The topological polar surface area (TPSA) is 21.8 Å². The van der Waals surface area contributed by atoms with Gasteiger partial charge in [-0.25, -0.2) is 0 Å². The van der Waals surface area contributed by atoms with Crippen molar-refractivity contribution in [2.75, 3.05) is 66.0 Å². The molecule has 4 nitrogen and oxygen atoms in total. The second-order valence-corrected chi connectivity index (χ2v) is 8.31. The monoisotopic (exact) mass is 352 g/mol. The van der Waals surface area contributed by atoms with E-state index in [0.717, 1.165) is 6.04 Å². The van der Waals surface area contributed by atoms with Crippen LogP contribution in [-0.2, 0) is 0 Å². The van der Waals surface area contributed by atoms with Gasteiger partial charge in [0.2, 0.25) is 0 Å². The maximum absolute atomic E-state index is 3.64. The standard InChI is InChI=1S/C21H44N4/c1-3-4-5-6-7-8-11-21-20-24-15-10-14-23(2)18-19-25(21)16-9-12-22-13-17-24/h21-22H,3-20H2,1-2H3. The second-order valence-electron chi connectivity index (χ2n) is 8.31. The molecule has 2 aliphatic rings. The van der Waals surface area contributed by atoms with Crippen LogP contribution in [0.2, 0.25) is 0 Å². The van der Waals surface area contributed by atoms with Crippen molar-refractivity contribution in [3.8, 4) is 0 Å². The van der Waals surface area contributed by atoms with E-state index in [1.807, 2.05) is 0 Å². The van der Waals surface area contributed by atoms with Gasteiger partial charge in [-0.15, -0.1) is 0 Å². The lowest BCUT2D eigenvalue weighted by atomic mass is 10.0. The fraction of sp³-hybridized carbons (Fsp3) is 1.00. The first-order valence-electron chi connectivity index (χ1n) is 11.1. The highest BCUT2D eigenvalue weighted by molar-refractivity contribution is 4.80. The van der Waals surface area contributed by atoms with Crippen molar-refractivity contribution in [2.45, 2.75) is 70.8 Å². The fourth-order valence-electron chi connectivity index (χ4n) is 4.36. The van der Waals surface area contributed by atoms with Gasteiger partial charge in [0.15, 0.2) is 0 Å². The smallest absolute Gasteiger partial charge is 0.0223 e. The van der Waals surface area contributed by atoms with Crippen molar-refractivity contribution in [1.29, 1.82) is 0 Å². The summed E-state index contributed by atoms with van der Waals surface area (Å²) in [5.41, 5.74) is 0. The Balaban J connectivity index is 1.90. The van der Waals surface area contributed by atoms with Gasteiger partial charge in [-0.3, -0.25) is 4.90 Å². The molecule has 3 unspecified atom stereocenters. The molecule has 0 radical (unpaired) electrons. The van der Waals surface area contributed by atoms with Crippen LogP contribution < -0.4 is 5.32 Å². The molecule has 0 aliphatic carbocycles. The number of unbranched alkanes of at least 4 members (excludes halogenated alkanes) is 5. The summed E-state index contributed by atoms with van der Waals surface area (Å²) in [6.07, 6.45) is 12.5. The van der Waals surface area contributed by atoms with Crippen LogP contribution in [0, 0.1) is 0 Å². The molecule has 0 amide bonds. The molecule has 3 atom stereocenters. The van der Waals surface area contributed by atoms with E-state index in [4.69, 9.17) is 0 Å². The van der Waals surface area contributed by atoms with Gasteiger partial charge in [0.05, 0.1) is 0 Å². The molecule has 2 bridgehead atoms. The summed E-state index contributed by atoms with van der Waals surface area (Å²) in [6.45, 7) is 13.5. The molecule has 148 valence electrons. The van der Waals surface area contributed by atoms with Gasteiger partial charge in [-0.05, 0) is 52.5 Å². The predicted octanol–water partition coefficient (Wildman–Crippen LogP) is 3.04. The summed E-state index contributed by atoms with van der Waals surface area (Å²) in [6, 6.07) is 0.774.